The molecule has 0 spiro atoms. The lowest BCUT2D eigenvalue weighted by Crippen LogP contribution is -2.50. The Morgan fingerprint density at radius 2 is 1.68 bits per heavy atom. The Labute approximate surface area is 206 Å². The molecule has 4 saturated carbocycles. The van der Waals surface area contributed by atoms with Crippen LogP contribution in [0.5, 0.6) is 0 Å². The molecule has 1 heterocycles. The van der Waals surface area contributed by atoms with Crippen LogP contribution in [0.3, 0.4) is 0 Å². The zero-order chi connectivity index (χ0) is 23.4. The number of unbranched alkanes of at least 4 members (excludes halogenated alkanes) is 3. The van der Waals surface area contributed by atoms with Crippen molar-refractivity contribution in [2.24, 2.45) is 23.2 Å². The van der Waals surface area contributed by atoms with Gasteiger partial charge in [0.1, 0.15) is 5.78 Å². The number of carbonyl (C=O) groups is 2. The molecule has 4 heteroatoms. The van der Waals surface area contributed by atoms with E-state index in [2.05, 4.69) is 34.5 Å². The Morgan fingerprint density at radius 3 is 2.44 bits per heavy atom. The molecule has 5 fully saturated rings. The van der Waals surface area contributed by atoms with Gasteiger partial charge in [0, 0.05) is 37.9 Å². The molecule has 3 atom stereocenters. The number of likely N-dealkylation sites (tertiary alicyclic amines) is 1. The third-order valence-corrected chi connectivity index (χ3v) is 9.51. The minimum Gasteiger partial charge on any atom is -0.342 e. The van der Waals surface area contributed by atoms with Gasteiger partial charge in [-0.15, -0.1) is 0 Å². The van der Waals surface area contributed by atoms with Crippen molar-refractivity contribution in [3.8, 4) is 0 Å². The van der Waals surface area contributed by atoms with Gasteiger partial charge in [0.2, 0.25) is 5.91 Å². The van der Waals surface area contributed by atoms with Gasteiger partial charge in [-0.2, -0.15) is 0 Å². The van der Waals surface area contributed by atoms with Gasteiger partial charge in [-0.3, -0.25) is 9.59 Å². The Balaban J connectivity index is 0.941. The summed E-state index contributed by atoms with van der Waals surface area (Å²) >= 11 is 0. The molecule has 1 aromatic rings. The van der Waals surface area contributed by atoms with E-state index in [1.165, 1.54) is 56.9 Å². The van der Waals surface area contributed by atoms with E-state index in [4.69, 9.17) is 0 Å². The predicted molar refractivity (Wildman–Crippen MR) is 137 cm³/mol. The van der Waals surface area contributed by atoms with Crippen molar-refractivity contribution in [1.29, 1.82) is 0 Å². The summed E-state index contributed by atoms with van der Waals surface area (Å²) in [7, 11) is 0. The van der Waals surface area contributed by atoms with Gasteiger partial charge in [-0.25, -0.2) is 0 Å². The lowest BCUT2D eigenvalue weighted by atomic mass is 9.56. The molecule has 5 aliphatic rings. The minimum atomic E-state index is 0.287. The van der Waals surface area contributed by atoms with Crippen molar-refractivity contribution in [3.63, 3.8) is 0 Å². The van der Waals surface area contributed by atoms with E-state index in [-0.39, 0.29) is 5.92 Å². The summed E-state index contributed by atoms with van der Waals surface area (Å²) in [6, 6.07) is 10.5. The van der Waals surface area contributed by atoms with Crippen LogP contribution < -0.4 is 5.32 Å². The normalized spacial score (nSPS) is 32.2. The van der Waals surface area contributed by atoms with Crippen molar-refractivity contribution >= 4 is 11.7 Å². The molecule has 1 amide bonds. The summed E-state index contributed by atoms with van der Waals surface area (Å²) in [5, 5.41) is 3.76. The molecular formula is C30H44N2O2. The summed E-state index contributed by atoms with van der Waals surface area (Å²) in [6.07, 6.45) is 15.1. The highest BCUT2D eigenvalue weighted by atomic mass is 16.2. The summed E-state index contributed by atoms with van der Waals surface area (Å²) in [5.41, 5.74) is 1.70. The maximum Gasteiger partial charge on any atom is 0.225 e. The number of fused-ring (bicyclic) bond motifs is 3. The highest BCUT2D eigenvalue weighted by Gasteiger charge is 2.49. The molecule has 1 aromatic carbocycles. The van der Waals surface area contributed by atoms with Crippen LogP contribution in [-0.2, 0) is 9.59 Å². The number of Topliss-reactive ketones (excluding diaryl/α,β-unsaturated/α-hetero) is 1. The number of hydrogen-bond donors (Lipinski definition) is 1. The summed E-state index contributed by atoms with van der Waals surface area (Å²) in [6.45, 7) is 4.15. The number of benzene rings is 1. The van der Waals surface area contributed by atoms with Gasteiger partial charge in [-0.1, -0.05) is 43.2 Å². The number of amides is 1. The van der Waals surface area contributed by atoms with Crippen LogP contribution in [0.25, 0.3) is 0 Å². The lowest BCUT2D eigenvalue weighted by Gasteiger charge is -2.51. The zero-order valence-electron chi connectivity index (χ0n) is 21.0. The van der Waals surface area contributed by atoms with Crippen LogP contribution in [0, 0.1) is 23.2 Å². The second-order valence-corrected chi connectivity index (χ2v) is 11.8. The van der Waals surface area contributed by atoms with Gasteiger partial charge < -0.3 is 10.2 Å². The van der Waals surface area contributed by atoms with Crippen LogP contribution in [0.2, 0.25) is 0 Å². The Hall–Kier alpha value is -1.68. The number of ketones is 1. The van der Waals surface area contributed by atoms with Gasteiger partial charge >= 0.3 is 0 Å². The van der Waals surface area contributed by atoms with E-state index in [0.29, 0.717) is 34.9 Å². The maximum atomic E-state index is 13.1. The van der Waals surface area contributed by atoms with Crippen molar-refractivity contribution in [2.75, 3.05) is 26.2 Å². The van der Waals surface area contributed by atoms with Crippen LogP contribution in [0.15, 0.2) is 30.3 Å². The van der Waals surface area contributed by atoms with Crippen LogP contribution in [0.1, 0.15) is 95.0 Å². The first-order chi connectivity index (χ1) is 16.7. The van der Waals surface area contributed by atoms with Crippen molar-refractivity contribution in [1.82, 2.24) is 10.2 Å². The molecular weight excluding hydrogens is 420 g/mol. The van der Waals surface area contributed by atoms with Gasteiger partial charge in [-0.05, 0) is 93.6 Å². The summed E-state index contributed by atoms with van der Waals surface area (Å²) < 4.78 is 0. The molecule has 3 unspecified atom stereocenters. The first-order valence-corrected chi connectivity index (χ1v) is 14.2. The van der Waals surface area contributed by atoms with Gasteiger partial charge in [0.05, 0.1) is 0 Å². The average Bonchev–Trinajstić information content (AvgIpc) is 3.50. The van der Waals surface area contributed by atoms with Crippen molar-refractivity contribution in [2.45, 2.75) is 89.4 Å². The lowest BCUT2D eigenvalue weighted by molar-refractivity contribution is -0.142. The second-order valence-electron chi connectivity index (χ2n) is 11.8. The first-order valence-electron chi connectivity index (χ1n) is 14.2. The molecule has 2 bridgehead atoms. The molecule has 1 N–H and O–H groups in total. The molecule has 1 aliphatic heterocycles. The molecule has 34 heavy (non-hydrogen) atoms. The van der Waals surface area contributed by atoms with Crippen LogP contribution in [-0.4, -0.2) is 42.8 Å². The van der Waals surface area contributed by atoms with E-state index in [1.54, 1.807) is 0 Å². The fourth-order valence-electron chi connectivity index (χ4n) is 7.26. The smallest absolute Gasteiger partial charge is 0.225 e. The fourth-order valence-corrected chi connectivity index (χ4v) is 7.26. The van der Waals surface area contributed by atoms with Gasteiger partial charge in [0.25, 0.3) is 0 Å². The number of carbonyl (C=O) groups excluding carboxylic acids is 2. The minimum absolute atomic E-state index is 0.287. The second kappa shape index (κ2) is 10.9. The third kappa shape index (κ3) is 5.58. The molecule has 6 rings (SSSR count). The maximum absolute atomic E-state index is 13.1. The Morgan fingerprint density at radius 1 is 0.941 bits per heavy atom. The van der Waals surface area contributed by atoms with Crippen LogP contribution in [0.4, 0.5) is 0 Å². The van der Waals surface area contributed by atoms with E-state index < -0.39 is 0 Å². The van der Waals surface area contributed by atoms with E-state index in [9.17, 15) is 9.59 Å². The first kappa shape index (κ1) is 24.0. The molecule has 0 radical (unpaired) electrons. The molecule has 0 aromatic heterocycles. The van der Waals surface area contributed by atoms with E-state index in [0.717, 1.165) is 58.3 Å². The third-order valence-electron chi connectivity index (χ3n) is 9.51. The Kier molecular flexibility index (Phi) is 7.73. The van der Waals surface area contributed by atoms with Crippen LogP contribution >= 0.6 is 0 Å². The average molecular weight is 465 g/mol. The summed E-state index contributed by atoms with van der Waals surface area (Å²) in [5.74, 6) is 2.68. The van der Waals surface area contributed by atoms with E-state index in [1.807, 2.05) is 6.07 Å². The Bertz CT molecular complexity index is 823. The highest BCUT2D eigenvalue weighted by molar-refractivity contribution is 5.85. The zero-order valence-corrected chi connectivity index (χ0v) is 21.0. The quantitative estimate of drug-likeness (QED) is 0.403. The molecule has 4 nitrogen and oxygen atoms in total. The number of rotatable bonds is 12. The molecule has 4 aliphatic carbocycles. The fraction of sp³-hybridized carbons (Fsp3) is 0.733. The van der Waals surface area contributed by atoms with Crippen molar-refractivity contribution in [3.05, 3.63) is 35.9 Å². The summed E-state index contributed by atoms with van der Waals surface area (Å²) in [4.78, 5) is 27.7. The molecule has 186 valence electrons. The number of nitrogens with zero attached hydrogens (tertiary/aromatic N) is 1. The number of hydrogen-bond acceptors (Lipinski definition) is 3. The highest BCUT2D eigenvalue weighted by Crippen LogP contribution is 2.53. The topological polar surface area (TPSA) is 49.4 Å². The predicted octanol–water partition coefficient (Wildman–Crippen LogP) is 5.72. The molecule has 1 saturated heterocycles. The van der Waals surface area contributed by atoms with E-state index >= 15 is 0 Å². The monoisotopic (exact) mass is 464 g/mol. The largest absolute Gasteiger partial charge is 0.342 e. The number of nitrogens with one attached hydrogen (secondary N) is 1. The standard InChI is InChI=1S/C30H44N2O2/c33-28(26-20-25(26)23-10-4-3-5-11-23)12-6-1-2-7-17-31-22-30-15-13-24(14-16-30)27(21-30)29(34)32-18-8-9-19-32/h3-5,10-11,24-27,31H,1-2,6-9,12-22H2. The van der Waals surface area contributed by atoms with Gasteiger partial charge in [0.15, 0.2) is 0 Å². The SMILES string of the molecule is O=C(CCCCCCNCC12CCC(CC1)C(C(=O)N1CCCC1)C2)C1CC1c1ccccc1. The van der Waals surface area contributed by atoms with Crippen molar-refractivity contribution < 1.29 is 9.59 Å².